The van der Waals surface area contributed by atoms with Crippen molar-refractivity contribution in [1.29, 1.82) is 0 Å². The molecule has 5 unspecified atom stereocenters. The Morgan fingerprint density at radius 3 is 2.30 bits per heavy atom. The average Bonchev–Trinajstić information content (AvgIpc) is 3.45. The summed E-state index contributed by atoms with van der Waals surface area (Å²) in [6.07, 6.45) is 10.7. The molecule has 6 rings (SSSR count). The molecule has 0 spiro atoms. The van der Waals surface area contributed by atoms with Gasteiger partial charge in [0.1, 0.15) is 5.75 Å². The van der Waals surface area contributed by atoms with Crippen molar-refractivity contribution in [2.45, 2.75) is 75.2 Å². The first-order valence-corrected chi connectivity index (χ1v) is 14.1. The SMILES string of the molecule is C=CCN1C2CCC1C1CCC2N1C(c1ccc(C(=O)NN2CCCCC2)cc1)c1cccc(OC)c1. The summed E-state index contributed by atoms with van der Waals surface area (Å²) in [5, 5.41) is 2.06. The summed E-state index contributed by atoms with van der Waals surface area (Å²) >= 11 is 0. The van der Waals surface area contributed by atoms with Crippen LogP contribution in [-0.2, 0) is 0 Å². The fourth-order valence-electron chi connectivity index (χ4n) is 7.60. The zero-order valence-corrected chi connectivity index (χ0v) is 22.0. The highest BCUT2D eigenvalue weighted by Crippen LogP contribution is 2.50. The van der Waals surface area contributed by atoms with Crippen LogP contribution in [0.15, 0.2) is 61.2 Å². The minimum Gasteiger partial charge on any atom is -0.497 e. The van der Waals surface area contributed by atoms with Gasteiger partial charge in [0.15, 0.2) is 0 Å². The number of hydrazine groups is 1. The van der Waals surface area contributed by atoms with E-state index in [9.17, 15) is 4.79 Å². The van der Waals surface area contributed by atoms with Gasteiger partial charge in [0, 0.05) is 49.4 Å². The number of nitrogens with one attached hydrogen (secondary N) is 1. The molecule has 0 aromatic heterocycles. The van der Waals surface area contributed by atoms with Gasteiger partial charge in [-0.1, -0.05) is 36.8 Å². The predicted octanol–water partition coefficient (Wildman–Crippen LogP) is 4.78. The molecule has 1 N–H and O–H groups in total. The zero-order chi connectivity index (χ0) is 25.4. The number of amides is 1. The van der Waals surface area contributed by atoms with Crippen molar-refractivity contribution in [2.24, 2.45) is 0 Å². The van der Waals surface area contributed by atoms with E-state index < -0.39 is 0 Å². The number of carbonyl (C=O) groups excluding carboxylic acids is 1. The van der Waals surface area contributed by atoms with E-state index in [1.807, 2.05) is 18.2 Å². The molecule has 4 heterocycles. The molecule has 4 bridgehead atoms. The van der Waals surface area contributed by atoms with Crippen molar-refractivity contribution >= 4 is 5.91 Å². The lowest BCUT2D eigenvalue weighted by Gasteiger charge is -2.50. The maximum absolute atomic E-state index is 13.0. The number of benzene rings is 2. The summed E-state index contributed by atoms with van der Waals surface area (Å²) in [4.78, 5) is 18.5. The van der Waals surface area contributed by atoms with E-state index in [0.717, 1.165) is 43.8 Å². The standard InChI is InChI=1S/C31H40N4O2/c1-3-18-34-26-14-15-27(34)29-17-16-28(26)35(29)30(24-8-7-9-25(21-24)37-2)22-10-12-23(13-11-22)31(36)32-33-19-5-4-6-20-33/h3,7-13,21,26-30H,1,4-6,14-20H2,2H3,(H,32,36). The van der Waals surface area contributed by atoms with Crippen LogP contribution in [0.1, 0.15) is 72.5 Å². The number of carbonyl (C=O) groups is 1. The van der Waals surface area contributed by atoms with Crippen LogP contribution >= 0.6 is 0 Å². The number of fused-ring (bicyclic) bond motifs is 6. The normalized spacial score (nSPS) is 28.7. The van der Waals surface area contributed by atoms with Gasteiger partial charge in [0.2, 0.25) is 0 Å². The number of hydrogen-bond donors (Lipinski definition) is 1. The molecule has 5 atom stereocenters. The van der Waals surface area contributed by atoms with Gasteiger partial charge in [0.05, 0.1) is 13.2 Å². The van der Waals surface area contributed by atoms with Crippen molar-refractivity contribution in [3.8, 4) is 5.75 Å². The Morgan fingerprint density at radius 1 is 0.973 bits per heavy atom. The Morgan fingerprint density at radius 2 is 1.65 bits per heavy atom. The Hall–Kier alpha value is -2.67. The summed E-state index contributed by atoms with van der Waals surface area (Å²) < 4.78 is 5.63. The molecule has 1 amide bonds. The lowest BCUT2D eigenvalue weighted by molar-refractivity contribution is -0.00329. The van der Waals surface area contributed by atoms with Gasteiger partial charge in [-0.2, -0.15) is 0 Å². The van der Waals surface area contributed by atoms with E-state index in [1.165, 1.54) is 43.2 Å². The second-order valence-corrected chi connectivity index (χ2v) is 11.1. The number of nitrogens with zero attached hydrogens (tertiary/aromatic N) is 3. The van der Waals surface area contributed by atoms with Gasteiger partial charge in [-0.25, -0.2) is 5.01 Å². The van der Waals surface area contributed by atoms with E-state index >= 15 is 0 Å². The Labute approximate surface area is 221 Å². The maximum atomic E-state index is 13.0. The first kappa shape index (κ1) is 24.7. The average molecular weight is 501 g/mol. The predicted molar refractivity (Wildman–Crippen MR) is 147 cm³/mol. The Kier molecular flexibility index (Phi) is 7.06. The molecular weight excluding hydrogens is 460 g/mol. The van der Waals surface area contributed by atoms with Crippen LogP contribution in [0.5, 0.6) is 5.75 Å². The molecule has 2 aromatic rings. The van der Waals surface area contributed by atoms with E-state index in [4.69, 9.17) is 4.74 Å². The molecule has 0 saturated carbocycles. The highest BCUT2D eigenvalue weighted by atomic mass is 16.5. The number of ether oxygens (including phenoxy) is 1. The number of piperazine rings is 1. The van der Waals surface area contributed by atoms with Gasteiger partial charge in [0.25, 0.3) is 5.91 Å². The van der Waals surface area contributed by atoms with Crippen LogP contribution in [0.2, 0.25) is 0 Å². The summed E-state index contributed by atoms with van der Waals surface area (Å²) in [5.74, 6) is 0.878. The smallest absolute Gasteiger partial charge is 0.265 e. The van der Waals surface area contributed by atoms with Gasteiger partial charge < -0.3 is 4.74 Å². The molecule has 0 radical (unpaired) electrons. The fourth-order valence-corrected chi connectivity index (χ4v) is 7.60. The molecule has 4 saturated heterocycles. The number of methoxy groups -OCH3 is 1. The third-order valence-corrected chi connectivity index (χ3v) is 9.17. The third-order valence-electron chi connectivity index (χ3n) is 9.17. The van der Waals surface area contributed by atoms with E-state index in [2.05, 4.69) is 63.2 Å². The Balaban J connectivity index is 1.31. The van der Waals surface area contributed by atoms with Crippen LogP contribution in [-0.4, -0.2) is 71.6 Å². The fraction of sp³-hybridized carbons (Fsp3) is 0.516. The van der Waals surface area contributed by atoms with Crippen molar-refractivity contribution < 1.29 is 9.53 Å². The molecule has 4 aliphatic heterocycles. The zero-order valence-electron chi connectivity index (χ0n) is 22.0. The Bertz CT molecular complexity index is 1090. The molecular formula is C31H40N4O2. The van der Waals surface area contributed by atoms with Crippen LogP contribution in [0.4, 0.5) is 0 Å². The van der Waals surface area contributed by atoms with Crippen LogP contribution in [0, 0.1) is 0 Å². The third kappa shape index (κ3) is 4.60. The molecule has 4 aliphatic rings. The van der Waals surface area contributed by atoms with E-state index in [-0.39, 0.29) is 11.9 Å². The number of piperidine rings is 1. The second-order valence-electron chi connectivity index (χ2n) is 11.1. The van der Waals surface area contributed by atoms with Crippen LogP contribution in [0.25, 0.3) is 0 Å². The second kappa shape index (κ2) is 10.6. The molecule has 4 fully saturated rings. The highest BCUT2D eigenvalue weighted by molar-refractivity contribution is 5.93. The van der Waals surface area contributed by atoms with Gasteiger partial charge in [-0.3, -0.25) is 20.0 Å². The lowest BCUT2D eigenvalue weighted by atomic mass is 9.91. The van der Waals surface area contributed by atoms with Crippen LogP contribution in [0.3, 0.4) is 0 Å². The number of rotatable bonds is 8. The molecule has 196 valence electrons. The topological polar surface area (TPSA) is 48.0 Å². The minimum absolute atomic E-state index is 0.0115. The summed E-state index contributed by atoms with van der Waals surface area (Å²) in [7, 11) is 1.74. The van der Waals surface area contributed by atoms with Crippen molar-refractivity contribution in [1.82, 2.24) is 20.2 Å². The van der Waals surface area contributed by atoms with Gasteiger partial charge in [-0.05, 0) is 73.9 Å². The molecule has 6 nitrogen and oxygen atoms in total. The van der Waals surface area contributed by atoms with Crippen molar-refractivity contribution in [3.05, 3.63) is 77.9 Å². The molecule has 2 aromatic carbocycles. The van der Waals surface area contributed by atoms with Gasteiger partial charge in [-0.15, -0.1) is 6.58 Å². The summed E-state index contributed by atoms with van der Waals surface area (Å²) in [6.45, 7) is 6.90. The lowest BCUT2D eigenvalue weighted by Crippen LogP contribution is -2.60. The summed E-state index contributed by atoms with van der Waals surface area (Å²) in [5.41, 5.74) is 6.34. The van der Waals surface area contributed by atoms with E-state index in [1.54, 1.807) is 7.11 Å². The number of hydrogen-bond acceptors (Lipinski definition) is 5. The molecule has 37 heavy (non-hydrogen) atoms. The van der Waals surface area contributed by atoms with Crippen molar-refractivity contribution in [3.63, 3.8) is 0 Å². The highest BCUT2D eigenvalue weighted by Gasteiger charge is 2.56. The minimum atomic E-state index is -0.0115. The monoisotopic (exact) mass is 500 g/mol. The van der Waals surface area contributed by atoms with Gasteiger partial charge >= 0.3 is 0 Å². The molecule has 6 heteroatoms. The summed E-state index contributed by atoms with van der Waals surface area (Å²) in [6, 6.07) is 19.3. The maximum Gasteiger partial charge on any atom is 0.265 e. The first-order chi connectivity index (χ1) is 18.2. The molecule has 0 aliphatic carbocycles. The van der Waals surface area contributed by atoms with E-state index in [0.29, 0.717) is 24.2 Å². The quantitative estimate of drug-likeness (QED) is 0.529. The first-order valence-electron chi connectivity index (χ1n) is 14.1. The largest absolute Gasteiger partial charge is 0.497 e. The van der Waals surface area contributed by atoms with Crippen LogP contribution < -0.4 is 10.2 Å². The van der Waals surface area contributed by atoms with Crippen molar-refractivity contribution in [2.75, 3.05) is 26.7 Å².